The van der Waals surface area contributed by atoms with Crippen LogP contribution in [-0.4, -0.2) is 48.0 Å². The number of piperazine rings is 1. The number of halogens is 1. The molecule has 6 heteroatoms. The summed E-state index contributed by atoms with van der Waals surface area (Å²) in [5.41, 5.74) is 2.73. The molecule has 0 spiro atoms. The standard InChI is InChI=1S/C23H23FN4O/c24-18-6-8-19(9-7-18)27-14-12-26(13-15-27)17-23(29)21-16-28(11-3-10-25)22-5-2-1-4-20(21)22/h1-2,4-9,16H,3,11-15,17H2. The smallest absolute Gasteiger partial charge is 0.178 e. The number of aromatic nitrogens is 1. The molecule has 5 nitrogen and oxygen atoms in total. The molecule has 148 valence electrons. The quantitative estimate of drug-likeness (QED) is 0.602. The number of nitriles is 1. The van der Waals surface area contributed by atoms with Crippen LogP contribution in [0.5, 0.6) is 0 Å². The third kappa shape index (κ3) is 4.15. The molecule has 0 atom stereocenters. The Kier molecular flexibility index (Phi) is 5.59. The number of para-hydroxylation sites is 1. The Bertz CT molecular complexity index is 1040. The molecule has 0 bridgehead atoms. The Balaban J connectivity index is 1.43. The average Bonchev–Trinajstić information content (AvgIpc) is 3.12. The van der Waals surface area contributed by atoms with Crippen molar-refractivity contribution < 1.29 is 9.18 Å². The van der Waals surface area contributed by atoms with Crippen molar-refractivity contribution in [3.63, 3.8) is 0 Å². The Morgan fingerprint density at radius 2 is 1.76 bits per heavy atom. The van der Waals surface area contributed by atoms with E-state index in [2.05, 4.69) is 15.9 Å². The minimum atomic E-state index is -0.230. The summed E-state index contributed by atoms with van der Waals surface area (Å²) < 4.78 is 15.1. The molecule has 0 aliphatic carbocycles. The van der Waals surface area contributed by atoms with Gasteiger partial charge in [-0.3, -0.25) is 9.69 Å². The fourth-order valence-electron chi connectivity index (χ4n) is 3.93. The summed E-state index contributed by atoms with van der Waals surface area (Å²) in [5, 5.41) is 9.83. The summed E-state index contributed by atoms with van der Waals surface area (Å²) in [4.78, 5) is 17.4. The number of aryl methyl sites for hydroxylation is 1. The van der Waals surface area contributed by atoms with Crippen molar-refractivity contribution in [2.24, 2.45) is 0 Å². The predicted octanol–water partition coefficient (Wildman–Crippen LogP) is 3.70. The molecule has 1 aromatic heterocycles. The SMILES string of the molecule is N#CCCn1cc(C(=O)CN2CCN(c3ccc(F)cc3)CC2)c2ccccc21. The normalized spacial score (nSPS) is 14.8. The van der Waals surface area contributed by atoms with E-state index in [-0.39, 0.29) is 11.6 Å². The van der Waals surface area contributed by atoms with Crippen LogP contribution in [-0.2, 0) is 6.54 Å². The molecule has 2 heterocycles. The van der Waals surface area contributed by atoms with E-state index in [9.17, 15) is 9.18 Å². The zero-order valence-corrected chi connectivity index (χ0v) is 16.2. The zero-order chi connectivity index (χ0) is 20.2. The van der Waals surface area contributed by atoms with Gasteiger partial charge in [0.25, 0.3) is 0 Å². The molecule has 1 aliphatic heterocycles. The Morgan fingerprint density at radius 1 is 1.03 bits per heavy atom. The summed E-state index contributed by atoms with van der Waals surface area (Å²) in [7, 11) is 0. The highest BCUT2D eigenvalue weighted by Gasteiger charge is 2.22. The van der Waals surface area contributed by atoms with E-state index >= 15 is 0 Å². The largest absolute Gasteiger partial charge is 0.369 e. The van der Waals surface area contributed by atoms with E-state index in [0.717, 1.165) is 48.3 Å². The monoisotopic (exact) mass is 390 g/mol. The molecule has 1 fully saturated rings. The summed E-state index contributed by atoms with van der Waals surface area (Å²) >= 11 is 0. The van der Waals surface area contributed by atoms with Gasteiger partial charge in [-0.1, -0.05) is 18.2 Å². The number of Topliss-reactive ketones (excluding diaryl/α,β-unsaturated/α-hetero) is 1. The second-order valence-corrected chi connectivity index (χ2v) is 7.32. The molecular formula is C23H23FN4O. The number of hydrogen-bond acceptors (Lipinski definition) is 4. The Hall–Kier alpha value is -3.17. The number of nitrogens with zero attached hydrogens (tertiary/aromatic N) is 4. The fourth-order valence-corrected chi connectivity index (χ4v) is 3.93. The van der Waals surface area contributed by atoms with Crippen molar-refractivity contribution >= 4 is 22.4 Å². The first-order chi connectivity index (χ1) is 14.2. The first-order valence-electron chi connectivity index (χ1n) is 9.86. The predicted molar refractivity (Wildman–Crippen MR) is 112 cm³/mol. The van der Waals surface area contributed by atoms with Crippen LogP contribution in [0, 0.1) is 17.1 Å². The molecular weight excluding hydrogens is 367 g/mol. The van der Waals surface area contributed by atoms with Crippen LogP contribution >= 0.6 is 0 Å². The molecule has 3 aromatic rings. The fraction of sp³-hybridized carbons (Fsp3) is 0.304. The number of ketones is 1. The van der Waals surface area contributed by atoms with Crippen molar-refractivity contribution in [2.45, 2.75) is 13.0 Å². The van der Waals surface area contributed by atoms with Gasteiger partial charge in [-0.2, -0.15) is 5.26 Å². The highest BCUT2D eigenvalue weighted by atomic mass is 19.1. The van der Waals surface area contributed by atoms with Gasteiger partial charge in [-0.25, -0.2) is 4.39 Å². The lowest BCUT2D eigenvalue weighted by Crippen LogP contribution is -2.48. The average molecular weight is 390 g/mol. The molecule has 2 aromatic carbocycles. The summed E-state index contributed by atoms with van der Waals surface area (Å²) in [6.07, 6.45) is 2.30. The number of carbonyl (C=O) groups is 1. The van der Waals surface area contributed by atoms with Crippen LogP contribution < -0.4 is 4.90 Å². The van der Waals surface area contributed by atoms with Crippen molar-refractivity contribution in [1.29, 1.82) is 5.26 Å². The van der Waals surface area contributed by atoms with Gasteiger partial charge in [-0.05, 0) is 30.3 Å². The van der Waals surface area contributed by atoms with Crippen LogP contribution in [0.1, 0.15) is 16.8 Å². The van der Waals surface area contributed by atoms with Crippen molar-refractivity contribution in [3.05, 3.63) is 66.1 Å². The van der Waals surface area contributed by atoms with Crippen molar-refractivity contribution in [3.8, 4) is 6.07 Å². The number of carbonyl (C=O) groups excluding carboxylic acids is 1. The van der Waals surface area contributed by atoms with Crippen molar-refractivity contribution in [2.75, 3.05) is 37.6 Å². The highest BCUT2D eigenvalue weighted by Crippen LogP contribution is 2.23. The summed E-state index contributed by atoms with van der Waals surface area (Å²) in [5.74, 6) is -0.126. The number of hydrogen-bond donors (Lipinski definition) is 0. The summed E-state index contributed by atoms with van der Waals surface area (Å²) in [6.45, 7) is 4.15. The molecule has 29 heavy (non-hydrogen) atoms. The number of anilines is 1. The van der Waals surface area contributed by atoms with Gasteiger partial charge in [0.05, 0.1) is 19.0 Å². The maximum atomic E-state index is 13.1. The second-order valence-electron chi connectivity index (χ2n) is 7.32. The number of fused-ring (bicyclic) bond motifs is 1. The van der Waals surface area contributed by atoms with Crippen LogP contribution in [0.25, 0.3) is 10.9 Å². The van der Waals surface area contributed by atoms with Crippen molar-refractivity contribution in [1.82, 2.24) is 9.47 Å². The van der Waals surface area contributed by atoms with E-state index in [1.165, 1.54) is 12.1 Å². The maximum absolute atomic E-state index is 13.1. The van der Waals surface area contributed by atoms with Gasteiger partial charge in [-0.15, -0.1) is 0 Å². The van der Waals surface area contributed by atoms with E-state index < -0.39 is 0 Å². The molecule has 0 saturated carbocycles. The van der Waals surface area contributed by atoms with Crippen LogP contribution in [0.15, 0.2) is 54.7 Å². The highest BCUT2D eigenvalue weighted by molar-refractivity contribution is 6.09. The lowest BCUT2D eigenvalue weighted by atomic mass is 10.1. The van der Waals surface area contributed by atoms with Crippen LogP contribution in [0.2, 0.25) is 0 Å². The minimum absolute atomic E-state index is 0.104. The first-order valence-corrected chi connectivity index (χ1v) is 9.86. The number of benzene rings is 2. The van der Waals surface area contributed by atoms with Gasteiger partial charge in [0.1, 0.15) is 5.82 Å². The lowest BCUT2D eigenvalue weighted by molar-refractivity contribution is 0.0928. The third-order valence-corrected chi connectivity index (χ3v) is 5.48. The Morgan fingerprint density at radius 3 is 2.48 bits per heavy atom. The van der Waals surface area contributed by atoms with Gasteiger partial charge >= 0.3 is 0 Å². The minimum Gasteiger partial charge on any atom is -0.369 e. The van der Waals surface area contributed by atoms with E-state index in [1.807, 2.05) is 35.0 Å². The molecule has 0 amide bonds. The maximum Gasteiger partial charge on any atom is 0.178 e. The number of rotatable bonds is 6. The van der Waals surface area contributed by atoms with E-state index in [1.54, 1.807) is 12.1 Å². The van der Waals surface area contributed by atoms with Crippen LogP contribution in [0.4, 0.5) is 10.1 Å². The van der Waals surface area contributed by atoms with Crippen LogP contribution in [0.3, 0.4) is 0 Å². The third-order valence-electron chi connectivity index (χ3n) is 5.48. The topological polar surface area (TPSA) is 52.3 Å². The van der Waals surface area contributed by atoms with Gasteiger partial charge < -0.3 is 9.47 Å². The first kappa shape index (κ1) is 19.2. The van der Waals surface area contributed by atoms with E-state index in [0.29, 0.717) is 19.5 Å². The molecule has 0 radical (unpaired) electrons. The summed E-state index contributed by atoms with van der Waals surface area (Å²) in [6, 6.07) is 16.6. The molecule has 0 N–H and O–H groups in total. The lowest BCUT2D eigenvalue weighted by Gasteiger charge is -2.35. The van der Waals surface area contributed by atoms with Gasteiger partial charge in [0.2, 0.25) is 0 Å². The van der Waals surface area contributed by atoms with E-state index in [4.69, 9.17) is 5.26 Å². The van der Waals surface area contributed by atoms with Gasteiger partial charge in [0, 0.05) is 61.1 Å². The molecule has 4 rings (SSSR count). The Labute approximate surface area is 169 Å². The second kappa shape index (κ2) is 8.46. The molecule has 1 aliphatic rings. The van der Waals surface area contributed by atoms with Gasteiger partial charge in [0.15, 0.2) is 5.78 Å². The molecule has 1 saturated heterocycles. The molecule has 0 unspecified atom stereocenters. The zero-order valence-electron chi connectivity index (χ0n) is 16.2.